The summed E-state index contributed by atoms with van der Waals surface area (Å²) in [5, 5.41) is 12.6. The minimum absolute atomic E-state index is 0.485. The standard InChI is InChI=1S/C21H16ClN7S/c22-19-13-14(4-6-23-19)16-3-1-2-15-12-18(30-20(15)16)17-5-7-24-21(27-17)25-8-10-29-11-9-26-28-29/h1-7,9,11-13H,8,10H2,(H,24,25,27). The third kappa shape index (κ3) is 3.87. The molecule has 0 saturated carbocycles. The van der Waals surface area contributed by atoms with Crippen molar-refractivity contribution >= 4 is 39.0 Å². The number of fused-ring (bicyclic) bond motifs is 1. The normalized spacial score (nSPS) is 11.1. The fraction of sp³-hybridized carbons (Fsp3) is 0.0952. The van der Waals surface area contributed by atoms with Crippen LogP contribution in [0.25, 0.3) is 31.8 Å². The van der Waals surface area contributed by atoms with Crippen molar-refractivity contribution < 1.29 is 0 Å². The summed E-state index contributed by atoms with van der Waals surface area (Å²) in [7, 11) is 0. The van der Waals surface area contributed by atoms with Gasteiger partial charge in [-0.1, -0.05) is 35.0 Å². The van der Waals surface area contributed by atoms with Gasteiger partial charge in [-0.2, -0.15) is 0 Å². The molecule has 4 aromatic heterocycles. The van der Waals surface area contributed by atoms with E-state index in [1.807, 2.05) is 24.4 Å². The molecule has 0 fully saturated rings. The van der Waals surface area contributed by atoms with E-state index in [0.29, 0.717) is 24.2 Å². The van der Waals surface area contributed by atoms with Gasteiger partial charge in [0.1, 0.15) is 5.15 Å². The quantitative estimate of drug-likeness (QED) is 0.388. The van der Waals surface area contributed by atoms with Crippen LogP contribution in [0.4, 0.5) is 5.95 Å². The maximum atomic E-state index is 6.10. The summed E-state index contributed by atoms with van der Waals surface area (Å²) >= 11 is 7.80. The lowest BCUT2D eigenvalue weighted by Crippen LogP contribution is -2.12. The first-order valence-corrected chi connectivity index (χ1v) is 10.5. The van der Waals surface area contributed by atoms with E-state index < -0.39 is 0 Å². The zero-order valence-electron chi connectivity index (χ0n) is 15.7. The minimum Gasteiger partial charge on any atom is -0.352 e. The van der Waals surface area contributed by atoms with E-state index in [0.717, 1.165) is 21.7 Å². The third-order valence-electron chi connectivity index (χ3n) is 4.59. The first kappa shape index (κ1) is 18.7. The van der Waals surface area contributed by atoms with Gasteiger partial charge in [-0.15, -0.1) is 16.4 Å². The van der Waals surface area contributed by atoms with Crippen LogP contribution in [0.3, 0.4) is 0 Å². The number of hydrogen-bond donors (Lipinski definition) is 1. The summed E-state index contributed by atoms with van der Waals surface area (Å²) in [5.74, 6) is 0.589. The predicted molar refractivity (Wildman–Crippen MR) is 120 cm³/mol. The van der Waals surface area contributed by atoms with Gasteiger partial charge in [0, 0.05) is 29.8 Å². The van der Waals surface area contributed by atoms with Crippen molar-refractivity contribution in [2.75, 3.05) is 11.9 Å². The molecule has 0 saturated heterocycles. The molecule has 4 heterocycles. The predicted octanol–water partition coefficient (Wildman–Crippen LogP) is 4.78. The van der Waals surface area contributed by atoms with Crippen molar-refractivity contribution in [1.82, 2.24) is 29.9 Å². The average molecular weight is 434 g/mol. The molecule has 5 rings (SSSR count). The molecule has 1 aromatic carbocycles. The Morgan fingerprint density at radius 3 is 2.83 bits per heavy atom. The number of hydrogen-bond acceptors (Lipinski definition) is 7. The fourth-order valence-electron chi connectivity index (χ4n) is 3.20. The maximum Gasteiger partial charge on any atom is 0.223 e. The summed E-state index contributed by atoms with van der Waals surface area (Å²) in [6.45, 7) is 1.35. The largest absolute Gasteiger partial charge is 0.352 e. The van der Waals surface area contributed by atoms with Crippen LogP contribution in [0.5, 0.6) is 0 Å². The highest BCUT2D eigenvalue weighted by Crippen LogP contribution is 2.39. The van der Waals surface area contributed by atoms with E-state index in [1.54, 1.807) is 34.6 Å². The Labute approximate surface area is 181 Å². The Morgan fingerprint density at radius 1 is 1.03 bits per heavy atom. The molecule has 0 unspecified atom stereocenters. The van der Waals surface area contributed by atoms with E-state index >= 15 is 0 Å². The highest BCUT2D eigenvalue weighted by atomic mass is 35.5. The smallest absolute Gasteiger partial charge is 0.223 e. The number of benzene rings is 1. The lowest BCUT2D eigenvalue weighted by Gasteiger charge is -2.05. The van der Waals surface area contributed by atoms with Gasteiger partial charge in [-0.25, -0.2) is 15.0 Å². The molecule has 0 atom stereocenters. The van der Waals surface area contributed by atoms with Crippen molar-refractivity contribution in [3.8, 4) is 21.7 Å². The van der Waals surface area contributed by atoms with Crippen molar-refractivity contribution in [3.05, 3.63) is 72.4 Å². The van der Waals surface area contributed by atoms with Gasteiger partial charge in [0.2, 0.25) is 5.95 Å². The Kier molecular flexibility index (Phi) is 5.08. The maximum absolute atomic E-state index is 6.10. The van der Waals surface area contributed by atoms with Crippen molar-refractivity contribution in [3.63, 3.8) is 0 Å². The Bertz CT molecular complexity index is 1300. The molecule has 1 N–H and O–H groups in total. The number of rotatable bonds is 6. The summed E-state index contributed by atoms with van der Waals surface area (Å²) in [6.07, 6.45) is 6.98. The monoisotopic (exact) mass is 433 g/mol. The van der Waals surface area contributed by atoms with E-state index in [-0.39, 0.29) is 0 Å². The molecule has 0 amide bonds. The van der Waals surface area contributed by atoms with E-state index in [9.17, 15) is 0 Å². The van der Waals surface area contributed by atoms with Crippen LogP contribution in [-0.4, -0.2) is 36.5 Å². The van der Waals surface area contributed by atoms with Gasteiger partial charge < -0.3 is 5.32 Å². The topological polar surface area (TPSA) is 81.4 Å². The fourth-order valence-corrected chi connectivity index (χ4v) is 4.54. The van der Waals surface area contributed by atoms with Crippen LogP contribution >= 0.6 is 22.9 Å². The number of aromatic nitrogens is 6. The number of pyridine rings is 1. The van der Waals surface area contributed by atoms with Crippen molar-refractivity contribution in [1.29, 1.82) is 0 Å². The van der Waals surface area contributed by atoms with Gasteiger partial charge >= 0.3 is 0 Å². The van der Waals surface area contributed by atoms with Crippen molar-refractivity contribution in [2.45, 2.75) is 6.54 Å². The van der Waals surface area contributed by atoms with Gasteiger partial charge in [0.05, 0.1) is 23.3 Å². The zero-order chi connectivity index (χ0) is 20.3. The number of thiophene rings is 1. The number of nitrogens with one attached hydrogen (secondary N) is 1. The Balaban J connectivity index is 1.43. The number of nitrogens with zero attached hydrogens (tertiary/aromatic N) is 6. The molecule has 7 nitrogen and oxygen atoms in total. The van der Waals surface area contributed by atoms with Gasteiger partial charge in [0.25, 0.3) is 0 Å². The molecule has 0 spiro atoms. The molecule has 9 heteroatoms. The zero-order valence-corrected chi connectivity index (χ0v) is 17.3. The second-order valence-electron chi connectivity index (χ2n) is 6.56. The summed E-state index contributed by atoms with van der Waals surface area (Å²) in [6, 6.07) is 14.2. The molecule has 0 bridgehead atoms. The second kappa shape index (κ2) is 8.17. The third-order valence-corrected chi connectivity index (χ3v) is 6.00. The molecule has 0 aliphatic rings. The van der Waals surface area contributed by atoms with E-state index in [1.165, 1.54) is 10.1 Å². The summed E-state index contributed by atoms with van der Waals surface area (Å²) in [5.41, 5.74) is 3.06. The van der Waals surface area contributed by atoms with E-state index in [2.05, 4.69) is 54.8 Å². The van der Waals surface area contributed by atoms with Gasteiger partial charge in [-0.3, -0.25) is 4.68 Å². The SMILES string of the molecule is Clc1cc(-c2cccc3cc(-c4ccnc(NCCn5ccnn5)n4)sc23)ccn1. The lowest BCUT2D eigenvalue weighted by molar-refractivity contribution is 0.607. The summed E-state index contributed by atoms with van der Waals surface area (Å²) < 4.78 is 2.95. The number of anilines is 1. The molecular weight excluding hydrogens is 418 g/mol. The highest BCUT2D eigenvalue weighted by molar-refractivity contribution is 7.22. The average Bonchev–Trinajstić information content (AvgIpc) is 3.43. The van der Waals surface area contributed by atoms with Crippen LogP contribution in [0, 0.1) is 0 Å². The Hall–Kier alpha value is -3.36. The van der Waals surface area contributed by atoms with Crippen LogP contribution in [-0.2, 0) is 6.54 Å². The molecule has 148 valence electrons. The number of halogens is 1. The lowest BCUT2D eigenvalue weighted by atomic mass is 10.1. The second-order valence-corrected chi connectivity index (χ2v) is 8.00. The van der Waals surface area contributed by atoms with Gasteiger partial charge in [0.15, 0.2) is 0 Å². The van der Waals surface area contributed by atoms with Crippen molar-refractivity contribution in [2.24, 2.45) is 0 Å². The first-order chi connectivity index (χ1) is 14.8. The molecule has 0 radical (unpaired) electrons. The van der Waals surface area contributed by atoms with Crippen LogP contribution in [0.2, 0.25) is 5.15 Å². The molecule has 0 aliphatic carbocycles. The van der Waals surface area contributed by atoms with Crippen LogP contribution in [0.1, 0.15) is 0 Å². The molecule has 0 aliphatic heterocycles. The summed E-state index contributed by atoms with van der Waals surface area (Å²) in [4.78, 5) is 14.2. The minimum atomic E-state index is 0.485. The molecule has 30 heavy (non-hydrogen) atoms. The first-order valence-electron chi connectivity index (χ1n) is 9.32. The van der Waals surface area contributed by atoms with Crippen LogP contribution < -0.4 is 5.32 Å². The van der Waals surface area contributed by atoms with E-state index in [4.69, 9.17) is 11.6 Å². The highest BCUT2D eigenvalue weighted by Gasteiger charge is 2.11. The molecule has 5 aromatic rings. The van der Waals surface area contributed by atoms with Crippen LogP contribution in [0.15, 0.2) is 67.3 Å². The molecular formula is C21H16ClN7S. The van der Waals surface area contributed by atoms with Gasteiger partial charge in [-0.05, 0) is 40.8 Å². The Morgan fingerprint density at radius 2 is 1.97 bits per heavy atom.